The number of aromatic nitrogens is 2. The zero-order valence-electron chi connectivity index (χ0n) is 13.7. The molecule has 0 radical (unpaired) electrons. The zero-order valence-corrected chi connectivity index (χ0v) is 13.7. The van der Waals surface area contributed by atoms with E-state index >= 15 is 0 Å². The zero-order chi connectivity index (χ0) is 16.8. The molecule has 1 N–H and O–H groups in total. The minimum atomic E-state index is -0.659. The molecule has 1 heterocycles. The summed E-state index contributed by atoms with van der Waals surface area (Å²) in [6, 6.07) is 12.0. The Kier molecular flexibility index (Phi) is 5.65. The summed E-state index contributed by atoms with van der Waals surface area (Å²) in [6.45, 7) is 2.95. The molecule has 1 aromatic carbocycles. The standard InChI is InChI=1S/C17H22N4O2/c1-13(17(23)18-11-12-20(2)3)21-16(22)10-9-15(19-21)14-7-5-4-6-8-14/h4-10,13H,11-12H2,1-3H3,(H,18,23). The molecule has 0 saturated heterocycles. The Balaban J connectivity index is 2.18. The summed E-state index contributed by atoms with van der Waals surface area (Å²) in [4.78, 5) is 26.2. The van der Waals surface area contributed by atoms with Crippen molar-refractivity contribution >= 4 is 5.91 Å². The van der Waals surface area contributed by atoms with Crippen molar-refractivity contribution in [1.82, 2.24) is 20.0 Å². The van der Waals surface area contributed by atoms with Crippen molar-refractivity contribution in [3.63, 3.8) is 0 Å². The maximum absolute atomic E-state index is 12.2. The minimum absolute atomic E-state index is 0.216. The van der Waals surface area contributed by atoms with E-state index in [9.17, 15) is 9.59 Å². The maximum atomic E-state index is 12.2. The average molecular weight is 314 g/mol. The van der Waals surface area contributed by atoms with Gasteiger partial charge in [-0.25, -0.2) is 4.68 Å². The van der Waals surface area contributed by atoms with E-state index in [1.165, 1.54) is 10.7 Å². The first kappa shape index (κ1) is 16.9. The molecule has 2 rings (SSSR count). The lowest BCUT2D eigenvalue weighted by molar-refractivity contribution is -0.124. The summed E-state index contributed by atoms with van der Waals surface area (Å²) in [7, 11) is 3.87. The van der Waals surface area contributed by atoms with Gasteiger partial charge in [0.1, 0.15) is 6.04 Å². The van der Waals surface area contributed by atoms with E-state index in [1.807, 2.05) is 49.3 Å². The molecule has 0 aliphatic carbocycles. The second-order valence-electron chi connectivity index (χ2n) is 5.64. The number of likely N-dealkylation sites (N-methyl/N-ethyl adjacent to an activating group) is 1. The lowest BCUT2D eigenvalue weighted by atomic mass is 10.1. The number of benzene rings is 1. The van der Waals surface area contributed by atoms with Crippen molar-refractivity contribution in [2.24, 2.45) is 0 Å². The smallest absolute Gasteiger partial charge is 0.267 e. The highest BCUT2D eigenvalue weighted by Gasteiger charge is 2.17. The Hall–Kier alpha value is -2.47. The van der Waals surface area contributed by atoms with Crippen molar-refractivity contribution in [3.8, 4) is 11.3 Å². The molecular formula is C17H22N4O2. The van der Waals surface area contributed by atoms with Crippen LogP contribution in [0.2, 0.25) is 0 Å². The Morgan fingerprint density at radius 2 is 1.91 bits per heavy atom. The number of amides is 1. The molecule has 0 aliphatic heterocycles. The van der Waals surface area contributed by atoms with Crippen LogP contribution in [0.15, 0.2) is 47.3 Å². The van der Waals surface area contributed by atoms with Crippen LogP contribution in [0.3, 0.4) is 0 Å². The topological polar surface area (TPSA) is 67.2 Å². The third kappa shape index (κ3) is 4.50. The molecule has 0 fully saturated rings. The van der Waals surface area contributed by atoms with Gasteiger partial charge in [-0.05, 0) is 27.1 Å². The van der Waals surface area contributed by atoms with Gasteiger partial charge in [0.15, 0.2) is 0 Å². The van der Waals surface area contributed by atoms with E-state index in [0.717, 1.165) is 12.1 Å². The lowest BCUT2D eigenvalue weighted by Crippen LogP contribution is -2.39. The number of hydrogen-bond donors (Lipinski definition) is 1. The highest BCUT2D eigenvalue weighted by Crippen LogP contribution is 2.15. The first-order valence-electron chi connectivity index (χ1n) is 7.57. The molecule has 0 spiro atoms. The van der Waals surface area contributed by atoms with Crippen LogP contribution in [0.4, 0.5) is 0 Å². The van der Waals surface area contributed by atoms with Gasteiger partial charge in [0.2, 0.25) is 5.91 Å². The number of nitrogens with one attached hydrogen (secondary N) is 1. The number of nitrogens with zero attached hydrogens (tertiary/aromatic N) is 3. The number of carbonyl (C=O) groups is 1. The van der Waals surface area contributed by atoms with Gasteiger partial charge in [0, 0.05) is 24.7 Å². The van der Waals surface area contributed by atoms with Crippen LogP contribution >= 0.6 is 0 Å². The fourth-order valence-corrected chi connectivity index (χ4v) is 2.13. The fourth-order valence-electron chi connectivity index (χ4n) is 2.13. The number of hydrogen-bond acceptors (Lipinski definition) is 4. The second-order valence-corrected chi connectivity index (χ2v) is 5.64. The Morgan fingerprint density at radius 1 is 1.22 bits per heavy atom. The van der Waals surface area contributed by atoms with E-state index < -0.39 is 6.04 Å². The van der Waals surface area contributed by atoms with Gasteiger partial charge in [-0.2, -0.15) is 5.10 Å². The molecule has 0 saturated carbocycles. The van der Waals surface area contributed by atoms with Crippen molar-refractivity contribution in [2.45, 2.75) is 13.0 Å². The third-order valence-corrected chi connectivity index (χ3v) is 3.50. The van der Waals surface area contributed by atoms with Gasteiger partial charge < -0.3 is 10.2 Å². The molecule has 0 bridgehead atoms. The quantitative estimate of drug-likeness (QED) is 0.868. The molecule has 23 heavy (non-hydrogen) atoms. The van der Waals surface area contributed by atoms with Gasteiger partial charge in [0.05, 0.1) is 5.69 Å². The molecule has 6 nitrogen and oxygen atoms in total. The normalized spacial score (nSPS) is 12.2. The predicted octanol–water partition coefficient (Wildman–Crippen LogP) is 1.15. The molecule has 1 aromatic heterocycles. The molecule has 6 heteroatoms. The molecule has 1 unspecified atom stereocenters. The van der Waals surface area contributed by atoms with Crippen LogP contribution in [0.5, 0.6) is 0 Å². The van der Waals surface area contributed by atoms with Crippen LogP contribution in [-0.4, -0.2) is 47.8 Å². The van der Waals surface area contributed by atoms with Gasteiger partial charge >= 0.3 is 0 Å². The van der Waals surface area contributed by atoms with Crippen molar-refractivity contribution in [3.05, 3.63) is 52.8 Å². The maximum Gasteiger partial charge on any atom is 0.267 e. The summed E-state index contributed by atoms with van der Waals surface area (Å²) in [5.74, 6) is -0.216. The number of carbonyl (C=O) groups excluding carboxylic acids is 1. The Labute approximate surface area is 135 Å². The van der Waals surface area contributed by atoms with E-state index in [1.54, 1.807) is 13.0 Å². The van der Waals surface area contributed by atoms with Gasteiger partial charge in [-0.1, -0.05) is 30.3 Å². The van der Waals surface area contributed by atoms with Gasteiger partial charge in [0.25, 0.3) is 5.56 Å². The molecule has 122 valence electrons. The first-order chi connectivity index (χ1) is 11.0. The van der Waals surface area contributed by atoms with E-state index in [0.29, 0.717) is 12.2 Å². The first-order valence-corrected chi connectivity index (χ1v) is 7.57. The van der Waals surface area contributed by atoms with Crippen LogP contribution in [0, 0.1) is 0 Å². The largest absolute Gasteiger partial charge is 0.353 e. The van der Waals surface area contributed by atoms with Gasteiger partial charge in [-0.3, -0.25) is 9.59 Å². The summed E-state index contributed by atoms with van der Waals surface area (Å²) in [5, 5.41) is 7.16. The molecule has 2 aromatic rings. The molecule has 1 atom stereocenters. The van der Waals surface area contributed by atoms with Crippen LogP contribution in [0.1, 0.15) is 13.0 Å². The lowest BCUT2D eigenvalue weighted by Gasteiger charge is -2.16. The van der Waals surface area contributed by atoms with E-state index in [-0.39, 0.29) is 11.5 Å². The highest BCUT2D eigenvalue weighted by atomic mass is 16.2. The van der Waals surface area contributed by atoms with Crippen molar-refractivity contribution in [1.29, 1.82) is 0 Å². The average Bonchev–Trinajstić information content (AvgIpc) is 2.55. The predicted molar refractivity (Wildman–Crippen MR) is 90.2 cm³/mol. The summed E-state index contributed by atoms with van der Waals surface area (Å²) < 4.78 is 1.23. The summed E-state index contributed by atoms with van der Waals surface area (Å²) >= 11 is 0. The van der Waals surface area contributed by atoms with E-state index in [2.05, 4.69) is 10.4 Å². The Morgan fingerprint density at radius 3 is 2.57 bits per heavy atom. The van der Waals surface area contributed by atoms with Crippen LogP contribution in [0.25, 0.3) is 11.3 Å². The fraction of sp³-hybridized carbons (Fsp3) is 0.353. The second kappa shape index (κ2) is 7.69. The Bertz CT molecular complexity index is 710. The van der Waals surface area contributed by atoms with Crippen LogP contribution in [-0.2, 0) is 4.79 Å². The number of rotatable bonds is 6. The third-order valence-electron chi connectivity index (χ3n) is 3.50. The monoisotopic (exact) mass is 314 g/mol. The van der Waals surface area contributed by atoms with Crippen molar-refractivity contribution in [2.75, 3.05) is 27.2 Å². The van der Waals surface area contributed by atoms with Gasteiger partial charge in [-0.15, -0.1) is 0 Å². The molecule has 1 amide bonds. The SMILES string of the molecule is CC(C(=O)NCCN(C)C)n1nc(-c2ccccc2)ccc1=O. The minimum Gasteiger partial charge on any atom is -0.353 e. The summed E-state index contributed by atoms with van der Waals surface area (Å²) in [6.07, 6.45) is 0. The highest BCUT2D eigenvalue weighted by molar-refractivity contribution is 5.79. The van der Waals surface area contributed by atoms with E-state index in [4.69, 9.17) is 0 Å². The molecular weight excluding hydrogens is 292 g/mol. The van der Waals surface area contributed by atoms with Crippen LogP contribution < -0.4 is 10.9 Å². The molecule has 0 aliphatic rings. The summed E-state index contributed by atoms with van der Waals surface area (Å²) in [5.41, 5.74) is 1.28. The van der Waals surface area contributed by atoms with Crippen molar-refractivity contribution < 1.29 is 4.79 Å².